The first kappa shape index (κ1) is 21.5. The lowest BCUT2D eigenvalue weighted by Gasteiger charge is -2.35. The molecule has 1 saturated heterocycles. The summed E-state index contributed by atoms with van der Waals surface area (Å²) in [7, 11) is 0. The van der Waals surface area contributed by atoms with Gasteiger partial charge in [-0.05, 0) is 37.1 Å². The Hall–Kier alpha value is -2.19. The van der Waals surface area contributed by atoms with Gasteiger partial charge < -0.3 is 15.0 Å². The van der Waals surface area contributed by atoms with Gasteiger partial charge in [0.05, 0.1) is 0 Å². The van der Waals surface area contributed by atoms with Crippen LogP contribution in [0.2, 0.25) is 5.02 Å². The van der Waals surface area contributed by atoms with Crippen molar-refractivity contribution in [3.05, 3.63) is 34.3 Å². The zero-order valence-corrected chi connectivity index (χ0v) is 18.3. The van der Waals surface area contributed by atoms with Crippen LogP contribution in [-0.4, -0.2) is 40.0 Å². The second-order valence-electron chi connectivity index (χ2n) is 8.05. The number of hydrogen-bond donors (Lipinski definition) is 1. The number of halogens is 1. The largest absolute Gasteiger partial charge is 0.486 e. The van der Waals surface area contributed by atoms with Crippen molar-refractivity contribution in [3.8, 4) is 5.75 Å². The van der Waals surface area contributed by atoms with Crippen molar-refractivity contribution in [2.75, 3.05) is 18.4 Å². The van der Waals surface area contributed by atoms with E-state index in [4.69, 9.17) is 16.3 Å². The molecule has 0 radical (unpaired) electrons. The van der Waals surface area contributed by atoms with Crippen molar-refractivity contribution in [2.24, 2.45) is 11.3 Å². The molecule has 3 rings (SSSR count). The first-order chi connectivity index (χ1) is 13.7. The molecular formula is C20H25ClN4O3S. The molecule has 1 aliphatic heterocycles. The zero-order chi connectivity index (χ0) is 21.0. The molecule has 0 spiro atoms. The maximum atomic E-state index is 12.5. The zero-order valence-electron chi connectivity index (χ0n) is 16.8. The minimum Gasteiger partial charge on any atom is -0.486 e. The Labute approximate surface area is 179 Å². The van der Waals surface area contributed by atoms with E-state index in [0.29, 0.717) is 46.8 Å². The number of hydrogen-bond acceptors (Lipinski definition) is 6. The standard InChI is InChI=1S/C20H25ClN4O3S/c1-20(2,3)18(27)25-10-8-13(9-11-25)17(26)22-19-24-23-16(29-19)12-28-15-6-4-14(21)5-7-15/h4-7,13H,8-12H2,1-3H3,(H,22,24,26). The van der Waals surface area contributed by atoms with E-state index in [9.17, 15) is 9.59 Å². The van der Waals surface area contributed by atoms with E-state index < -0.39 is 5.41 Å². The van der Waals surface area contributed by atoms with Crippen molar-refractivity contribution in [1.29, 1.82) is 0 Å². The molecule has 1 fully saturated rings. The highest BCUT2D eigenvalue weighted by Gasteiger charge is 2.32. The predicted molar refractivity (Wildman–Crippen MR) is 113 cm³/mol. The average molecular weight is 437 g/mol. The summed E-state index contributed by atoms with van der Waals surface area (Å²) in [6.07, 6.45) is 1.30. The number of carbonyl (C=O) groups is 2. The molecule has 0 aliphatic carbocycles. The Morgan fingerprint density at radius 1 is 1.21 bits per heavy atom. The van der Waals surface area contributed by atoms with Gasteiger partial charge in [-0.1, -0.05) is 43.7 Å². The van der Waals surface area contributed by atoms with Gasteiger partial charge in [-0.3, -0.25) is 9.59 Å². The lowest BCUT2D eigenvalue weighted by molar-refractivity contribution is -0.142. The van der Waals surface area contributed by atoms with Crippen LogP contribution < -0.4 is 10.1 Å². The summed E-state index contributed by atoms with van der Waals surface area (Å²) in [5.74, 6) is 0.614. The van der Waals surface area contributed by atoms with Crippen molar-refractivity contribution >= 4 is 39.9 Å². The molecule has 0 atom stereocenters. The molecule has 2 aromatic rings. The highest BCUT2D eigenvalue weighted by Crippen LogP contribution is 2.25. The smallest absolute Gasteiger partial charge is 0.229 e. The van der Waals surface area contributed by atoms with Crippen molar-refractivity contribution in [2.45, 2.75) is 40.2 Å². The highest BCUT2D eigenvalue weighted by molar-refractivity contribution is 7.15. The molecule has 0 bridgehead atoms. The molecule has 1 aromatic carbocycles. The Morgan fingerprint density at radius 3 is 2.48 bits per heavy atom. The van der Waals surface area contributed by atoms with Gasteiger partial charge in [0.1, 0.15) is 12.4 Å². The summed E-state index contributed by atoms with van der Waals surface area (Å²) >= 11 is 7.14. The first-order valence-electron chi connectivity index (χ1n) is 9.53. The molecule has 9 heteroatoms. The van der Waals surface area contributed by atoms with E-state index in [1.807, 2.05) is 25.7 Å². The summed E-state index contributed by atoms with van der Waals surface area (Å²) in [6, 6.07) is 7.07. The lowest BCUT2D eigenvalue weighted by atomic mass is 9.91. The van der Waals surface area contributed by atoms with E-state index in [1.54, 1.807) is 24.3 Å². The van der Waals surface area contributed by atoms with Gasteiger partial charge in [0, 0.05) is 29.4 Å². The van der Waals surface area contributed by atoms with Crippen molar-refractivity contribution in [3.63, 3.8) is 0 Å². The summed E-state index contributed by atoms with van der Waals surface area (Å²) in [5.41, 5.74) is -0.397. The second kappa shape index (κ2) is 9.09. The first-order valence-corrected chi connectivity index (χ1v) is 10.7. The summed E-state index contributed by atoms with van der Waals surface area (Å²) < 4.78 is 5.64. The van der Waals surface area contributed by atoms with E-state index in [1.165, 1.54) is 11.3 Å². The number of nitrogens with one attached hydrogen (secondary N) is 1. The third kappa shape index (κ3) is 5.90. The number of nitrogens with zero attached hydrogens (tertiary/aromatic N) is 3. The van der Waals surface area contributed by atoms with Crippen LogP contribution in [0.25, 0.3) is 0 Å². The van der Waals surface area contributed by atoms with Gasteiger partial charge in [0.15, 0.2) is 5.01 Å². The SMILES string of the molecule is CC(C)(C)C(=O)N1CCC(C(=O)Nc2nnc(COc3ccc(Cl)cc3)s2)CC1. The Balaban J connectivity index is 1.47. The molecule has 1 aromatic heterocycles. The monoisotopic (exact) mass is 436 g/mol. The number of benzene rings is 1. The van der Waals surface area contributed by atoms with Gasteiger partial charge in [-0.25, -0.2) is 0 Å². The molecule has 2 heterocycles. The topological polar surface area (TPSA) is 84.4 Å². The van der Waals surface area contributed by atoms with Gasteiger partial charge >= 0.3 is 0 Å². The number of carbonyl (C=O) groups excluding carboxylic acids is 2. The second-order valence-corrected chi connectivity index (χ2v) is 9.55. The van der Waals surface area contributed by atoms with Crippen LogP contribution in [0, 0.1) is 11.3 Å². The van der Waals surface area contributed by atoms with Crippen LogP contribution in [0.5, 0.6) is 5.75 Å². The van der Waals surface area contributed by atoms with Gasteiger partial charge in [0.2, 0.25) is 16.9 Å². The third-order valence-electron chi connectivity index (χ3n) is 4.67. The van der Waals surface area contributed by atoms with E-state index >= 15 is 0 Å². The quantitative estimate of drug-likeness (QED) is 0.765. The van der Waals surface area contributed by atoms with Crippen LogP contribution in [0.3, 0.4) is 0 Å². The molecule has 2 amide bonds. The molecule has 0 unspecified atom stereocenters. The summed E-state index contributed by atoms with van der Waals surface area (Å²) in [4.78, 5) is 26.8. The van der Waals surface area contributed by atoms with Crippen LogP contribution in [0.1, 0.15) is 38.6 Å². The molecule has 156 valence electrons. The van der Waals surface area contributed by atoms with Crippen LogP contribution in [0.15, 0.2) is 24.3 Å². The van der Waals surface area contributed by atoms with Crippen LogP contribution >= 0.6 is 22.9 Å². The molecular weight excluding hydrogens is 412 g/mol. The van der Waals surface area contributed by atoms with Crippen LogP contribution in [-0.2, 0) is 16.2 Å². The fourth-order valence-electron chi connectivity index (χ4n) is 3.06. The number of amides is 2. The number of anilines is 1. The van der Waals surface area contributed by atoms with Crippen molar-refractivity contribution < 1.29 is 14.3 Å². The van der Waals surface area contributed by atoms with Gasteiger partial charge in [-0.2, -0.15) is 0 Å². The molecule has 1 N–H and O–H groups in total. The molecule has 7 nitrogen and oxygen atoms in total. The predicted octanol–water partition coefficient (Wildman–Crippen LogP) is 3.99. The third-order valence-corrected chi connectivity index (χ3v) is 5.73. The number of piperidine rings is 1. The molecule has 1 aliphatic rings. The fraction of sp³-hybridized carbons (Fsp3) is 0.500. The Kier molecular flexibility index (Phi) is 6.74. The van der Waals surface area contributed by atoms with Crippen molar-refractivity contribution in [1.82, 2.24) is 15.1 Å². The minimum absolute atomic E-state index is 0.0748. The number of rotatable bonds is 5. The maximum absolute atomic E-state index is 12.5. The minimum atomic E-state index is -0.397. The lowest BCUT2D eigenvalue weighted by Crippen LogP contribution is -2.45. The van der Waals surface area contributed by atoms with E-state index in [2.05, 4.69) is 15.5 Å². The number of ether oxygens (including phenoxy) is 1. The fourth-order valence-corrected chi connectivity index (χ4v) is 3.85. The van der Waals surface area contributed by atoms with Gasteiger partial charge in [0.25, 0.3) is 0 Å². The number of aromatic nitrogens is 2. The molecule has 29 heavy (non-hydrogen) atoms. The van der Waals surface area contributed by atoms with E-state index in [0.717, 1.165) is 0 Å². The van der Waals surface area contributed by atoms with Gasteiger partial charge in [-0.15, -0.1) is 10.2 Å². The number of likely N-dealkylation sites (tertiary alicyclic amines) is 1. The summed E-state index contributed by atoms with van der Waals surface area (Å²) in [5, 5.41) is 12.7. The average Bonchev–Trinajstić information content (AvgIpc) is 3.13. The Bertz CT molecular complexity index is 855. The van der Waals surface area contributed by atoms with E-state index in [-0.39, 0.29) is 24.3 Å². The Morgan fingerprint density at radius 2 is 1.86 bits per heavy atom. The maximum Gasteiger partial charge on any atom is 0.229 e. The summed E-state index contributed by atoms with van der Waals surface area (Å²) in [6.45, 7) is 7.21. The highest BCUT2D eigenvalue weighted by atomic mass is 35.5. The normalized spacial score (nSPS) is 15.2. The molecule has 0 saturated carbocycles. The van der Waals surface area contributed by atoms with Crippen LogP contribution in [0.4, 0.5) is 5.13 Å².